The first-order valence-corrected chi connectivity index (χ1v) is 14.0. The number of nitrogens with zero attached hydrogens (tertiary/aromatic N) is 4. The molecule has 0 atom stereocenters. The van der Waals surface area contributed by atoms with Crippen molar-refractivity contribution in [1.29, 1.82) is 0 Å². The van der Waals surface area contributed by atoms with Crippen molar-refractivity contribution >= 4 is 44.6 Å². The van der Waals surface area contributed by atoms with Crippen LogP contribution in [0.3, 0.4) is 0 Å². The van der Waals surface area contributed by atoms with E-state index >= 15 is 0 Å². The second-order valence-electron chi connectivity index (χ2n) is 10.0. The summed E-state index contributed by atoms with van der Waals surface area (Å²) >= 11 is 6.61. The number of pyridine rings is 1. The number of rotatable bonds is 4. The zero-order valence-electron chi connectivity index (χ0n) is 22.2. The molecule has 0 saturated carbocycles. The van der Waals surface area contributed by atoms with Crippen molar-refractivity contribution in [2.45, 2.75) is 0 Å². The molecule has 0 aliphatic carbocycles. The maximum atomic E-state index is 6.61. The van der Waals surface area contributed by atoms with Crippen LogP contribution in [0.5, 0.6) is 0 Å². The highest BCUT2D eigenvalue weighted by Gasteiger charge is 2.18. The van der Waals surface area contributed by atoms with E-state index in [1.54, 1.807) is 0 Å². The standard InChI is InChI=1S/C36H21ClN4O/c37-28-20-19-27(31-32-30(42-33(28)31)21-26-13-7-8-14-29(26)38-32)22-15-17-25(18-16-22)36-40-34(23-9-3-1-4-10-23)39-35(41-36)24-11-5-2-6-12-24/h1-21H. The van der Waals surface area contributed by atoms with Gasteiger partial charge in [-0.1, -0.05) is 121 Å². The van der Waals surface area contributed by atoms with Crippen molar-refractivity contribution in [3.05, 3.63) is 132 Å². The Morgan fingerprint density at radius 2 is 1.05 bits per heavy atom. The van der Waals surface area contributed by atoms with Crippen molar-refractivity contribution < 1.29 is 4.42 Å². The van der Waals surface area contributed by atoms with E-state index in [0.717, 1.165) is 49.6 Å². The number of furan rings is 1. The molecule has 0 bridgehead atoms. The average molecular weight is 561 g/mol. The number of aromatic nitrogens is 4. The van der Waals surface area contributed by atoms with Crippen molar-refractivity contribution in [2.24, 2.45) is 0 Å². The van der Waals surface area contributed by atoms with E-state index in [-0.39, 0.29) is 0 Å². The SMILES string of the molecule is Clc1ccc(-c2ccc(-c3nc(-c4ccccc4)nc(-c4ccccc4)n3)cc2)c2c1oc1cc3ccccc3nc12. The quantitative estimate of drug-likeness (QED) is 0.214. The Bertz CT molecular complexity index is 2190. The van der Waals surface area contributed by atoms with Crippen molar-refractivity contribution in [3.8, 4) is 45.3 Å². The van der Waals surface area contributed by atoms with E-state index in [9.17, 15) is 0 Å². The van der Waals surface area contributed by atoms with Crippen LogP contribution in [0.2, 0.25) is 5.02 Å². The maximum absolute atomic E-state index is 6.61. The zero-order chi connectivity index (χ0) is 28.0. The van der Waals surface area contributed by atoms with Crippen molar-refractivity contribution in [2.75, 3.05) is 0 Å². The van der Waals surface area contributed by atoms with Gasteiger partial charge in [-0.25, -0.2) is 19.9 Å². The van der Waals surface area contributed by atoms with Crippen LogP contribution in [0, 0.1) is 0 Å². The molecule has 3 heterocycles. The van der Waals surface area contributed by atoms with Gasteiger partial charge in [0.2, 0.25) is 0 Å². The number of benzene rings is 5. The highest BCUT2D eigenvalue weighted by molar-refractivity contribution is 6.36. The Hall–Kier alpha value is -5.39. The van der Waals surface area contributed by atoms with Gasteiger partial charge in [0.25, 0.3) is 0 Å². The molecule has 0 N–H and O–H groups in total. The van der Waals surface area contributed by atoms with Crippen molar-refractivity contribution in [1.82, 2.24) is 19.9 Å². The van der Waals surface area contributed by atoms with Crippen LogP contribution < -0.4 is 0 Å². The predicted octanol–water partition coefficient (Wildman–Crippen LogP) is 9.64. The van der Waals surface area contributed by atoms with Crippen LogP contribution in [-0.4, -0.2) is 19.9 Å². The molecule has 3 aromatic heterocycles. The number of hydrogen-bond donors (Lipinski definition) is 0. The fourth-order valence-electron chi connectivity index (χ4n) is 5.33. The van der Waals surface area contributed by atoms with Crippen LogP contribution in [0.25, 0.3) is 78.3 Å². The lowest BCUT2D eigenvalue weighted by Crippen LogP contribution is -2.00. The Kier molecular flexibility index (Phi) is 5.76. The molecular formula is C36H21ClN4O. The molecule has 0 aliphatic rings. The number of fused-ring (bicyclic) bond motifs is 4. The maximum Gasteiger partial charge on any atom is 0.164 e. The summed E-state index contributed by atoms with van der Waals surface area (Å²) in [5, 5.41) is 2.47. The second kappa shape index (κ2) is 9.91. The molecule has 0 saturated heterocycles. The molecule has 8 rings (SSSR count). The summed E-state index contributed by atoms with van der Waals surface area (Å²) in [6.45, 7) is 0. The summed E-state index contributed by atoms with van der Waals surface area (Å²) in [4.78, 5) is 19.5. The topological polar surface area (TPSA) is 64.7 Å². The lowest BCUT2D eigenvalue weighted by molar-refractivity contribution is 0.669. The third-order valence-electron chi connectivity index (χ3n) is 7.40. The van der Waals surface area contributed by atoms with Crippen LogP contribution in [0.15, 0.2) is 132 Å². The molecule has 42 heavy (non-hydrogen) atoms. The van der Waals surface area contributed by atoms with Gasteiger partial charge in [-0.15, -0.1) is 0 Å². The largest absolute Gasteiger partial charge is 0.453 e. The third kappa shape index (κ3) is 4.19. The summed E-state index contributed by atoms with van der Waals surface area (Å²) in [7, 11) is 0. The van der Waals surface area contributed by atoms with Gasteiger partial charge in [0.15, 0.2) is 28.6 Å². The Morgan fingerprint density at radius 3 is 1.69 bits per heavy atom. The minimum Gasteiger partial charge on any atom is -0.453 e. The lowest BCUT2D eigenvalue weighted by atomic mass is 9.99. The smallest absolute Gasteiger partial charge is 0.164 e. The predicted molar refractivity (Wildman–Crippen MR) is 169 cm³/mol. The highest BCUT2D eigenvalue weighted by Crippen LogP contribution is 2.40. The van der Waals surface area contributed by atoms with Gasteiger partial charge in [-0.2, -0.15) is 0 Å². The van der Waals surface area contributed by atoms with Gasteiger partial charge in [-0.3, -0.25) is 0 Å². The summed E-state index contributed by atoms with van der Waals surface area (Å²) < 4.78 is 6.24. The Morgan fingerprint density at radius 1 is 0.500 bits per heavy atom. The van der Waals surface area contributed by atoms with Crippen LogP contribution in [0.1, 0.15) is 0 Å². The molecule has 198 valence electrons. The molecular weight excluding hydrogens is 540 g/mol. The minimum absolute atomic E-state index is 0.555. The van der Waals surface area contributed by atoms with E-state index in [4.69, 9.17) is 36.0 Å². The average Bonchev–Trinajstić information content (AvgIpc) is 3.44. The van der Waals surface area contributed by atoms with E-state index in [2.05, 4.69) is 12.1 Å². The molecule has 0 fully saturated rings. The fourth-order valence-corrected chi connectivity index (χ4v) is 5.53. The van der Waals surface area contributed by atoms with Crippen molar-refractivity contribution in [3.63, 3.8) is 0 Å². The summed E-state index contributed by atoms with van der Waals surface area (Å²) in [5.74, 6) is 1.87. The zero-order valence-corrected chi connectivity index (χ0v) is 23.0. The van der Waals surface area contributed by atoms with Crippen LogP contribution >= 0.6 is 11.6 Å². The molecule has 0 aliphatic heterocycles. The number of halogens is 1. The van der Waals surface area contributed by atoms with E-state index < -0.39 is 0 Å². The third-order valence-corrected chi connectivity index (χ3v) is 7.70. The van der Waals surface area contributed by atoms with Crippen LogP contribution in [0.4, 0.5) is 0 Å². The number of hydrogen-bond acceptors (Lipinski definition) is 5. The molecule has 0 unspecified atom stereocenters. The molecule has 0 spiro atoms. The molecule has 0 radical (unpaired) electrons. The normalized spacial score (nSPS) is 11.5. The molecule has 5 nitrogen and oxygen atoms in total. The monoisotopic (exact) mass is 560 g/mol. The van der Waals surface area contributed by atoms with Gasteiger partial charge in [0, 0.05) is 22.1 Å². The number of para-hydroxylation sites is 1. The first kappa shape index (κ1) is 24.4. The first-order chi connectivity index (χ1) is 20.7. The first-order valence-electron chi connectivity index (χ1n) is 13.6. The van der Waals surface area contributed by atoms with Crippen LogP contribution in [-0.2, 0) is 0 Å². The fraction of sp³-hybridized carbons (Fsp3) is 0. The summed E-state index contributed by atoms with van der Waals surface area (Å²) in [6.07, 6.45) is 0. The second-order valence-corrected chi connectivity index (χ2v) is 10.5. The molecule has 6 heteroatoms. The van der Waals surface area contributed by atoms with Gasteiger partial charge in [0.05, 0.1) is 15.9 Å². The Balaban J connectivity index is 1.26. The van der Waals surface area contributed by atoms with Gasteiger partial charge in [0.1, 0.15) is 5.52 Å². The molecule has 5 aromatic carbocycles. The summed E-state index contributed by atoms with van der Waals surface area (Å²) in [6, 6.07) is 42.1. The Labute approximate surface area is 246 Å². The highest BCUT2D eigenvalue weighted by atomic mass is 35.5. The molecule has 8 aromatic rings. The van der Waals surface area contributed by atoms with Gasteiger partial charge >= 0.3 is 0 Å². The van der Waals surface area contributed by atoms with E-state index in [0.29, 0.717) is 33.7 Å². The van der Waals surface area contributed by atoms with E-state index in [1.807, 2.05) is 115 Å². The van der Waals surface area contributed by atoms with Gasteiger partial charge in [-0.05, 0) is 29.3 Å². The molecule has 0 amide bonds. The minimum atomic E-state index is 0.555. The van der Waals surface area contributed by atoms with E-state index in [1.165, 1.54) is 0 Å². The van der Waals surface area contributed by atoms with Gasteiger partial charge < -0.3 is 4.42 Å². The summed E-state index contributed by atoms with van der Waals surface area (Å²) in [5.41, 5.74) is 7.81. The lowest BCUT2D eigenvalue weighted by Gasteiger charge is -2.09.